The molecule has 3 nitrogen and oxygen atoms in total. The van der Waals surface area contributed by atoms with Gasteiger partial charge in [0.2, 0.25) is 0 Å². The molecule has 0 aliphatic heterocycles. The molecule has 66 valence electrons. The van der Waals surface area contributed by atoms with Crippen molar-refractivity contribution in [3.05, 3.63) is 0 Å². The lowest BCUT2D eigenvalue weighted by atomic mass is 11.6. The predicted molar refractivity (Wildman–Crippen MR) is 44.9 cm³/mol. The molecule has 0 aromatic heterocycles. The summed E-state index contributed by atoms with van der Waals surface area (Å²) < 4.78 is 4.25. The fourth-order valence-corrected chi connectivity index (χ4v) is 0. The van der Waals surface area contributed by atoms with Gasteiger partial charge < -0.3 is 15.3 Å². The van der Waals surface area contributed by atoms with Crippen LogP contribution in [-0.4, -0.2) is 31.9 Å². The van der Waals surface area contributed by atoms with Gasteiger partial charge in [-0.15, -0.1) is 0 Å². The van der Waals surface area contributed by atoms with Gasteiger partial charge in [0.15, 0.2) is 0 Å². The largest absolute Gasteiger partial charge is 0.412 e. The van der Waals surface area contributed by atoms with Crippen molar-refractivity contribution in [1.29, 1.82) is 0 Å². The molecule has 0 aromatic carbocycles. The van der Waals surface area contributed by atoms with Crippen molar-refractivity contribution in [2.24, 2.45) is 0 Å². The highest BCUT2D eigenvalue weighted by Gasteiger charge is 1.25. The van der Waals surface area contributed by atoms with E-state index in [1.54, 1.807) is 14.2 Å². The summed E-state index contributed by atoms with van der Waals surface area (Å²) >= 11 is 0. The van der Waals surface area contributed by atoms with Crippen molar-refractivity contribution in [2.75, 3.05) is 21.3 Å². The zero-order chi connectivity index (χ0) is 4.71. The summed E-state index contributed by atoms with van der Waals surface area (Å²) in [5.74, 6) is 0. The number of hydrogen-bond donors (Lipinski definition) is 1. The van der Waals surface area contributed by atoms with E-state index in [4.69, 9.17) is 5.11 Å². The number of aliphatic hydroxyl groups excluding tert-OH is 1. The Bertz CT molecular complexity index is 8.26. The van der Waals surface area contributed by atoms with Gasteiger partial charge in [-0.05, 0) is 0 Å². The van der Waals surface area contributed by atoms with Crippen LogP contribution in [0.2, 0.25) is 0 Å². The van der Waals surface area contributed by atoms with E-state index >= 15 is 0 Å². The molecule has 0 atom stereocenters. The van der Waals surface area contributed by atoms with Crippen LogP contribution in [0.4, 0.5) is 0 Å². The van der Waals surface area contributed by atoms with Gasteiger partial charge in [-0.25, -0.2) is 0 Å². The average Bonchev–Trinajstić information content (AvgIpc) is 1.46. The van der Waals surface area contributed by atoms with Gasteiger partial charge in [0, 0.05) is 21.3 Å². The number of methoxy groups -OCH3 is 1. The maximum Gasteiger partial charge on any atom is 0.0351 e. The number of rotatable bonds is 0. The quantitative estimate of drug-likeness (QED) is 0.550. The van der Waals surface area contributed by atoms with Crippen molar-refractivity contribution in [2.45, 2.75) is 22.3 Å². The molecule has 0 spiro atoms. The average molecular weight is 144 g/mol. The molecule has 3 heteroatoms. The molecule has 0 unspecified atom stereocenters. The van der Waals surface area contributed by atoms with Gasteiger partial charge >= 0.3 is 0 Å². The van der Waals surface area contributed by atoms with Crippen LogP contribution >= 0.6 is 0 Å². The first-order valence-corrected chi connectivity index (χ1v) is 1.26. The third-order valence-electron chi connectivity index (χ3n) is 0. The molecule has 0 saturated heterocycles. The van der Waals surface area contributed by atoms with E-state index in [0.29, 0.717) is 0 Å². The Hall–Kier alpha value is -0.120. The molecule has 0 aromatic rings. The van der Waals surface area contributed by atoms with Gasteiger partial charge in [0.05, 0.1) is 0 Å². The molecule has 0 saturated carbocycles. The first kappa shape index (κ1) is 66.5. The Kier molecular flexibility index (Phi) is 3560. The van der Waals surface area contributed by atoms with Gasteiger partial charge in [-0.1, -0.05) is 22.3 Å². The third-order valence-corrected chi connectivity index (χ3v) is 0. The summed E-state index contributed by atoms with van der Waals surface area (Å²) in [5, 5.41) is 7.00. The molecule has 0 fully saturated rings. The smallest absolute Gasteiger partial charge is 0.0351 e. The third kappa shape index (κ3) is 18900. The fraction of sp³-hybridized carbons (Fsp3) is 1.00. The van der Waals surface area contributed by atoms with E-state index in [9.17, 15) is 0 Å². The Morgan fingerprint density at radius 3 is 0.889 bits per heavy atom. The zero-order valence-corrected chi connectivity index (χ0v) is 4.36. The van der Waals surface area contributed by atoms with E-state index in [0.717, 1.165) is 7.11 Å². The molecule has 0 amide bonds. The SMILES string of the molecule is C.C.C.CO.COC.O. The summed E-state index contributed by atoms with van der Waals surface area (Å²) in [4.78, 5) is 0. The summed E-state index contributed by atoms with van der Waals surface area (Å²) in [6, 6.07) is 0. The molecule has 0 aliphatic rings. The minimum Gasteiger partial charge on any atom is -0.412 e. The predicted octanol–water partition coefficient (Wildman–Crippen LogP) is 0.955. The van der Waals surface area contributed by atoms with E-state index in [1.807, 2.05) is 0 Å². The van der Waals surface area contributed by atoms with Crippen molar-refractivity contribution in [3.63, 3.8) is 0 Å². The van der Waals surface area contributed by atoms with E-state index < -0.39 is 0 Å². The maximum absolute atomic E-state index is 7.00. The van der Waals surface area contributed by atoms with Crippen LogP contribution in [0.3, 0.4) is 0 Å². The monoisotopic (exact) mass is 144 g/mol. The topological polar surface area (TPSA) is 61.0 Å². The molecule has 3 N–H and O–H groups in total. The second kappa shape index (κ2) is 482. The van der Waals surface area contributed by atoms with Crippen LogP contribution in [0.1, 0.15) is 22.3 Å². The standard InChI is InChI=1S/C2H6O.CH4O.3CH4.H2O/c1-3-2;1-2;;;;/h1-2H3;2H,1H3;3*1H4;1H2. The number of aliphatic hydroxyl groups is 1. The zero-order valence-electron chi connectivity index (χ0n) is 4.36. The van der Waals surface area contributed by atoms with Crippen LogP contribution in [0.5, 0.6) is 0 Å². The van der Waals surface area contributed by atoms with E-state index in [-0.39, 0.29) is 27.8 Å². The van der Waals surface area contributed by atoms with Crippen LogP contribution in [-0.2, 0) is 4.74 Å². The minimum atomic E-state index is 0. The highest BCUT2D eigenvalue weighted by Crippen LogP contribution is 1.28. The Morgan fingerprint density at radius 1 is 0.889 bits per heavy atom. The molecule has 0 radical (unpaired) electrons. The molecule has 0 aliphatic carbocycles. The van der Waals surface area contributed by atoms with Gasteiger partial charge in [-0.2, -0.15) is 0 Å². The van der Waals surface area contributed by atoms with Gasteiger partial charge in [0.25, 0.3) is 0 Å². The number of ether oxygens (including phenoxy) is 1. The molecule has 0 heterocycles. The van der Waals surface area contributed by atoms with Crippen molar-refractivity contribution < 1.29 is 15.3 Å². The summed E-state index contributed by atoms with van der Waals surface area (Å²) in [7, 11) is 4.25. The lowest BCUT2D eigenvalue weighted by Crippen LogP contribution is -1.55. The lowest BCUT2D eigenvalue weighted by molar-refractivity contribution is 0.277. The summed E-state index contributed by atoms with van der Waals surface area (Å²) in [6.45, 7) is 0. The first-order valence-electron chi connectivity index (χ1n) is 1.26. The second-order valence-corrected chi connectivity index (χ2v) is 0.408. The first-order chi connectivity index (χ1) is 2.41. The Balaban J connectivity index is -0.00000000357. The van der Waals surface area contributed by atoms with E-state index in [1.165, 1.54) is 0 Å². The van der Waals surface area contributed by atoms with Crippen LogP contribution in [0.25, 0.3) is 0 Å². The molecule has 0 rings (SSSR count). The van der Waals surface area contributed by atoms with Crippen LogP contribution in [0.15, 0.2) is 0 Å². The van der Waals surface area contributed by atoms with Crippen LogP contribution < -0.4 is 0 Å². The van der Waals surface area contributed by atoms with Gasteiger partial charge in [-0.3, -0.25) is 0 Å². The Labute approximate surface area is 60.0 Å². The van der Waals surface area contributed by atoms with E-state index in [2.05, 4.69) is 4.74 Å². The van der Waals surface area contributed by atoms with Crippen molar-refractivity contribution >= 4 is 0 Å². The van der Waals surface area contributed by atoms with Crippen molar-refractivity contribution in [3.8, 4) is 0 Å². The fourth-order valence-electron chi connectivity index (χ4n) is 0. The maximum atomic E-state index is 7.00. The molecular weight excluding hydrogens is 120 g/mol. The minimum absolute atomic E-state index is 0. The van der Waals surface area contributed by atoms with Crippen molar-refractivity contribution in [1.82, 2.24) is 0 Å². The summed E-state index contributed by atoms with van der Waals surface area (Å²) in [6.07, 6.45) is 0. The summed E-state index contributed by atoms with van der Waals surface area (Å²) in [5.41, 5.74) is 0. The molecular formula is C6H24O3. The van der Waals surface area contributed by atoms with Gasteiger partial charge in [0.1, 0.15) is 0 Å². The molecule has 0 bridgehead atoms. The lowest BCUT2D eigenvalue weighted by Gasteiger charge is -1.61. The molecule has 9 heavy (non-hydrogen) atoms. The normalized spacial score (nSPS) is 2.67. The highest BCUT2D eigenvalue weighted by atomic mass is 16.4. The highest BCUT2D eigenvalue weighted by molar-refractivity contribution is 3.56. The number of hydrogen-bond acceptors (Lipinski definition) is 2. The Morgan fingerprint density at radius 2 is 0.889 bits per heavy atom. The second-order valence-electron chi connectivity index (χ2n) is 0.408. The van der Waals surface area contributed by atoms with Crippen LogP contribution in [0, 0.1) is 0 Å².